The first kappa shape index (κ1) is 15.8. The van der Waals surface area contributed by atoms with Crippen molar-refractivity contribution in [3.8, 4) is 5.75 Å². The van der Waals surface area contributed by atoms with Crippen molar-refractivity contribution in [3.63, 3.8) is 0 Å². The van der Waals surface area contributed by atoms with Crippen LogP contribution >= 0.6 is 22.9 Å². The Morgan fingerprint density at radius 2 is 2.19 bits per heavy atom. The fourth-order valence-electron chi connectivity index (χ4n) is 1.94. The summed E-state index contributed by atoms with van der Waals surface area (Å²) < 4.78 is 5.70. The van der Waals surface area contributed by atoms with Gasteiger partial charge in [-0.3, -0.25) is 0 Å². The van der Waals surface area contributed by atoms with Crippen molar-refractivity contribution in [2.45, 2.75) is 26.7 Å². The molecule has 0 amide bonds. The molecule has 0 saturated carbocycles. The van der Waals surface area contributed by atoms with Gasteiger partial charge >= 0.3 is 5.97 Å². The molecule has 1 N–H and O–H groups in total. The van der Waals surface area contributed by atoms with E-state index in [-0.39, 0.29) is 0 Å². The summed E-state index contributed by atoms with van der Waals surface area (Å²) in [6.07, 6.45) is 1.50. The maximum absolute atomic E-state index is 10.9. The SMILES string of the molecule is Cc1cc(Cl)ccc1OCCCc1nc(C)c(C(=O)O)s1. The summed E-state index contributed by atoms with van der Waals surface area (Å²) in [7, 11) is 0. The number of hydrogen-bond acceptors (Lipinski definition) is 4. The number of halogens is 1. The van der Waals surface area contributed by atoms with Gasteiger partial charge in [-0.25, -0.2) is 9.78 Å². The largest absolute Gasteiger partial charge is 0.493 e. The molecule has 0 saturated heterocycles. The highest BCUT2D eigenvalue weighted by Gasteiger charge is 2.13. The lowest BCUT2D eigenvalue weighted by atomic mass is 10.2. The molecule has 0 bridgehead atoms. The van der Waals surface area contributed by atoms with Crippen LogP contribution in [0.4, 0.5) is 0 Å². The summed E-state index contributed by atoms with van der Waals surface area (Å²) in [6.45, 7) is 4.23. The van der Waals surface area contributed by atoms with Crippen LogP contribution in [0.2, 0.25) is 5.02 Å². The Labute approximate surface area is 132 Å². The van der Waals surface area contributed by atoms with E-state index in [1.807, 2.05) is 19.1 Å². The van der Waals surface area contributed by atoms with E-state index < -0.39 is 5.97 Å². The summed E-state index contributed by atoms with van der Waals surface area (Å²) in [5, 5.41) is 10.5. The van der Waals surface area contributed by atoms with Crippen LogP contribution in [0.15, 0.2) is 18.2 Å². The van der Waals surface area contributed by atoms with E-state index in [4.69, 9.17) is 21.4 Å². The predicted molar refractivity (Wildman–Crippen MR) is 83.8 cm³/mol. The van der Waals surface area contributed by atoms with Crippen LogP contribution in [-0.2, 0) is 6.42 Å². The van der Waals surface area contributed by atoms with Crippen LogP contribution in [0.3, 0.4) is 0 Å². The van der Waals surface area contributed by atoms with Crippen molar-refractivity contribution < 1.29 is 14.6 Å². The topological polar surface area (TPSA) is 59.4 Å². The third-order valence-electron chi connectivity index (χ3n) is 2.96. The molecule has 0 aliphatic heterocycles. The lowest BCUT2D eigenvalue weighted by molar-refractivity contribution is 0.0701. The molecule has 0 unspecified atom stereocenters. The Morgan fingerprint density at radius 3 is 2.81 bits per heavy atom. The molecule has 0 atom stereocenters. The van der Waals surface area contributed by atoms with E-state index in [9.17, 15) is 4.79 Å². The van der Waals surface area contributed by atoms with Gasteiger partial charge in [0.15, 0.2) is 0 Å². The minimum absolute atomic E-state index is 0.319. The average molecular weight is 326 g/mol. The summed E-state index contributed by atoms with van der Waals surface area (Å²) in [5.74, 6) is -0.0924. The van der Waals surface area contributed by atoms with Gasteiger partial charge in [0, 0.05) is 11.4 Å². The molecule has 0 radical (unpaired) electrons. The molecule has 1 aromatic heterocycles. The van der Waals surface area contributed by atoms with Crippen LogP contribution in [0.25, 0.3) is 0 Å². The molecule has 1 aromatic carbocycles. The number of hydrogen-bond donors (Lipinski definition) is 1. The van der Waals surface area contributed by atoms with Gasteiger partial charge in [0.2, 0.25) is 0 Å². The zero-order chi connectivity index (χ0) is 15.4. The second kappa shape index (κ2) is 6.91. The molecule has 0 spiro atoms. The first-order valence-corrected chi connectivity index (χ1v) is 7.75. The molecule has 21 heavy (non-hydrogen) atoms. The van der Waals surface area contributed by atoms with Gasteiger partial charge in [-0.1, -0.05) is 11.6 Å². The van der Waals surface area contributed by atoms with Gasteiger partial charge in [-0.2, -0.15) is 0 Å². The van der Waals surface area contributed by atoms with Gasteiger partial charge in [0.25, 0.3) is 0 Å². The number of carboxylic acids is 1. The molecule has 2 aromatic rings. The van der Waals surface area contributed by atoms with Crippen LogP contribution < -0.4 is 4.74 Å². The van der Waals surface area contributed by atoms with E-state index in [0.29, 0.717) is 28.6 Å². The highest BCUT2D eigenvalue weighted by Crippen LogP contribution is 2.23. The smallest absolute Gasteiger partial charge is 0.347 e. The number of nitrogens with zero attached hydrogens (tertiary/aromatic N) is 1. The quantitative estimate of drug-likeness (QED) is 0.811. The van der Waals surface area contributed by atoms with Crippen molar-refractivity contribution in [2.24, 2.45) is 0 Å². The molecule has 0 aliphatic rings. The zero-order valence-electron chi connectivity index (χ0n) is 11.9. The fraction of sp³-hybridized carbons (Fsp3) is 0.333. The van der Waals surface area contributed by atoms with Crippen LogP contribution in [0.1, 0.15) is 32.4 Å². The summed E-state index contributed by atoms with van der Waals surface area (Å²) >= 11 is 7.13. The summed E-state index contributed by atoms with van der Waals surface area (Å²) in [5.41, 5.74) is 1.58. The number of carbonyl (C=O) groups is 1. The van der Waals surface area contributed by atoms with Gasteiger partial charge in [0.1, 0.15) is 10.6 Å². The summed E-state index contributed by atoms with van der Waals surface area (Å²) in [4.78, 5) is 15.5. The van der Waals surface area contributed by atoms with Gasteiger partial charge in [-0.05, 0) is 44.0 Å². The average Bonchev–Trinajstić information content (AvgIpc) is 2.78. The molecular weight excluding hydrogens is 310 g/mol. The van der Waals surface area contributed by atoms with E-state index in [1.54, 1.807) is 13.0 Å². The number of thiazole rings is 1. The van der Waals surface area contributed by atoms with E-state index in [0.717, 1.165) is 22.7 Å². The summed E-state index contributed by atoms with van der Waals surface area (Å²) in [6, 6.07) is 5.52. The standard InChI is InChI=1S/C15H16ClNO3S/c1-9-8-11(16)5-6-12(9)20-7-3-4-13-17-10(2)14(21-13)15(18)19/h5-6,8H,3-4,7H2,1-2H3,(H,18,19). The number of aromatic nitrogens is 1. The Balaban J connectivity index is 1.84. The maximum atomic E-state index is 10.9. The number of ether oxygens (including phenoxy) is 1. The van der Waals surface area contributed by atoms with Crippen LogP contribution in [0, 0.1) is 13.8 Å². The van der Waals surface area contributed by atoms with Crippen molar-refractivity contribution in [1.82, 2.24) is 4.98 Å². The molecule has 0 fully saturated rings. The second-order valence-corrected chi connectivity index (χ2v) is 6.21. The third-order valence-corrected chi connectivity index (χ3v) is 4.40. The first-order chi connectivity index (χ1) is 9.97. The number of aryl methyl sites for hydroxylation is 3. The van der Waals surface area contributed by atoms with Gasteiger partial charge < -0.3 is 9.84 Å². The molecule has 6 heteroatoms. The minimum Gasteiger partial charge on any atom is -0.493 e. The van der Waals surface area contributed by atoms with Gasteiger partial charge in [-0.15, -0.1) is 11.3 Å². The number of aromatic carboxylic acids is 1. The Kier molecular flexibility index (Phi) is 5.20. The molecule has 4 nitrogen and oxygen atoms in total. The first-order valence-electron chi connectivity index (χ1n) is 6.56. The van der Waals surface area contributed by atoms with Crippen molar-refractivity contribution in [2.75, 3.05) is 6.61 Å². The zero-order valence-corrected chi connectivity index (χ0v) is 13.4. The third kappa shape index (κ3) is 4.19. The van der Waals surface area contributed by atoms with Gasteiger partial charge in [0.05, 0.1) is 17.3 Å². The van der Waals surface area contributed by atoms with Crippen LogP contribution in [-0.4, -0.2) is 22.7 Å². The van der Waals surface area contributed by atoms with E-state index >= 15 is 0 Å². The normalized spacial score (nSPS) is 10.6. The highest BCUT2D eigenvalue weighted by molar-refractivity contribution is 7.13. The molecular formula is C15H16ClNO3S. The minimum atomic E-state index is -0.913. The molecule has 1 heterocycles. The maximum Gasteiger partial charge on any atom is 0.347 e. The van der Waals surface area contributed by atoms with Crippen molar-refractivity contribution in [3.05, 3.63) is 44.4 Å². The Hall–Kier alpha value is -1.59. The second-order valence-electron chi connectivity index (χ2n) is 4.69. The number of benzene rings is 1. The Morgan fingerprint density at radius 1 is 1.43 bits per heavy atom. The lowest BCUT2D eigenvalue weighted by Gasteiger charge is -2.08. The monoisotopic (exact) mass is 325 g/mol. The molecule has 112 valence electrons. The fourth-order valence-corrected chi connectivity index (χ4v) is 3.11. The Bertz CT molecular complexity index is 654. The predicted octanol–water partition coefficient (Wildman–Crippen LogP) is 4.12. The molecule has 2 rings (SSSR count). The number of carboxylic acid groups (broad SMARTS) is 1. The number of rotatable bonds is 6. The van der Waals surface area contributed by atoms with Crippen molar-refractivity contribution in [1.29, 1.82) is 0 Å². The molecule has 0 aliphatic carbocycles. The lowest BCUT2D eigenvalue weighted by Crippen LogP contribution is -2.00. The van der Waals surface area contributed by atoms with Crippen LogP contribution in [0.5, 0.6) is 5.75 Å². The highest BCUT2D eigenvalue weighted by atomic mass is 35.5. The van der Waals surface area contributed by atoms with Crippen molar-refractivity contribution >= 4 is 28.9 Å². The van der Waals surface area contributed by atoms with E-state index in [2.05, 4.69) is 4.98 Å². The van der Waals surface area contributed by atoms with E-state index in [1.165, 1.54) is 11.3 Å².